The minimum Gasteiger partial charge on any atom is -0.347 e. The van der Waals surface area contributed by atoms with E-state index in [-0.39, 0.29) is 5.91 Å². The molecule has 0 saturated carbocycles. The van der Waals surface area contributed by atoms with Crippen molar-refractivity contribution in [2.45, 2.75) is 18.6 Å². The molecule has 5 rings (SSSR count). The van der Waals surface area contributed by atoms with Crippen LogP contribution in [0, 0.1) is 0 Å². The van der Waals surface area contributed by atoms with Gasteiger partial charge in [0.25, 0.3) is 5.91 Å². The highest BCUT2D eigenvalue weighted by molar-refractivity contribution is 6.12. The van der Waals surface area contributed by atoms with Crippen LogP contribution in [0.3, 0.4) is 0 Å². The zero-order valence-electron chi connectivity index (χ0n) is 16.1. The monoisotopic (exact) mass is 376 g/mol. The van der Waals surface area contributed by atoms with Crippen LogP contribution < -0.4 is 0 Å². The minimum atomic E-state index is -0.474. The first kappa shape index (κ1) is 17.5. The van der Waals surface area contributed by atoms with Crippen LogP contribution in [0.1, 0.15) is 23.2 Å². The van der Waals surface area contributed by atoms with Crippen molar-refractivity contribution < 1.29 is 14.3 Å². The van der Waals surface area contributed by atoms with Crippen molar-refractivity contribution in [3.63, 3.8) is 0 Å². The first-order valence-electron chi connectivity index (χ1n) is 9.89. The molecule has 3 aromatic rings. The summed E-state index contributed by atoms with van der Waals surface area (Å²) < 4.78 is 13.8. The summed E-state index contributed by atoms with van der Waals surface area (Å²) in [5, 5.41) is 1.00. The van der Waals surface area contributed by atoms with Crippen LogP contribution in [0.4, 0.5) is 0 Å². The van der Waals surface area contributed by atoms with Gasteiger partial charge in [-0.15, -0.1) is 0 Å². The lowest BCUT2D eigenvalue weighted by Gasteiger charge is -2.37. The second-order valence-corrected chi connectivity index (χ2v) is 7.57. The SMILES string of the molecule is Cn1c(-c2ccccc2)c(C(=O)N2CCC3(CC2)OCCO3)c2ccccc21. The van der Waals surface area contributed by atoms with E-state index in [1.807, 2.05) is 48.3 Å². The Hall–Kier alpha value is -2.63. The molecule has 0 atom stereocenters. The molecule has 2 fully saturated rings. The van der Waals surface area contributed by atoms with Gasteiger partial charge >= 0.3 is 0 Å². The van der Waals surface area contributed by atoms with Crippen LogP contribution >= 0.6 is 0 Å². The van der Waals surface area contributed by atoms with Gasteiger partial charge in [0.15, 0.2) is 5.79 Å². The number of para-hydroxylation sites is 1. The number of fused-ring (bicyclic) bond motifs is 1. The number of piperidine rings is 1. The first-order chi connectivity index (χ1) is 13.7. The maximum absolute atomic E-state index is 13.7. The van der Waals surface area contributed by atoms with Gasteiger partial charge in [-0.1, -0.05) is 48.5 Å². The van der Waals surface area contributed by atoms with E-state index in [1.165, 1.54) is 0 Å². The van der Waals surface area contributed by atoms with Gasteiger partial charge in [0, 0.05) is 43.9 Å². The number of carbonyl (C=O) groups excluding carboxylic acids is 1. The molecule has 1 spiro atoms. The Balaban J connectivity index is 1.56. The fourth-order valence-electron chi connectivity index (χ4n) is 4.54. The van der Waals surface area contributed by atoms with Gasteiger partial charge in [0.05, 0.1) is 24.5 Å². The van der Waals surface area contributed by atoms with E-state index >= 15 is 0 Å². The minimum absolute atomic E-state index is 0.0866. The third-order valence-corrected chi connectivity index (χ3v) is 5.99. The topological polar surface area (TPSA) is 43.7 Å². The number of aromatic nitrogens is 1. The highest BCUT2D eigenvalue weighted by Crippen LogP contribution is 2.36. The van der Waals surface area contributed by atoms with Crippen LogP contribution in [-0.4, -0.2) is 47.5 Å². The van der Waals surface area contributed by atoms with E-state index in [9.17, 15) is 4.79 Å². The van der Waals surface area contributed by atoms with Crippen molar-refractivity contribution in [3.05, 3.63) is 60.2 Å². The van der Waals surface area contributed by atoms with Crippen molar-refractivity contribution in [3.8, 4) is 11.3 Å². The quantitative estimate of drug-likeness (QED) is 0.683. The first-order valence-corrected chi connectivity index (χ1v) is 9.89. The van der Waals surface area contributed by atoms with E-state index in [1.54, 1.807) is 0 Å². The number of hydrogen-bond acceptors (Lipinski definition) is 3. The molecule has 2 aliphatic heterocycles. The molecule has 0 bridgehead atoms. The number of hydrogen-bond donors (Lipinski definition) is 0. The third-order valence-electron chi connectivity index (χ3n) is 5.99. The summed E-state index contributed by atoms with van der Waals surface area (Å²) in [5.41, 5.74) is 3.88. The standard InChI is InChI=1S/C23H24N2O3/c1-24-19-10-6-5-9-18(19)20(21(24)17-7-3-2-4-8-17)22(26)25-13-11-23(12-14-25)27-15-16-28-23/h2-10H,11-16H2,1H3. The maximum atomic E-state index is 13.7. The van der Waals surface area contributed by atoms with Gasteiger partial charge < -0.3 is 18.9 Å². The van der Waals surface area contributed by atoms with Crippen LogP contribution in [0.2, 0.25) is 0 Å². The van der Waals surface area contributed by atoms with Crippen LogP contribution in [0.15, 0.2) is 54.6 Å². The molecule has 2 aromatic carbocycles. The number of amides is 1. The van der Waals surface area contributed by atoms with Gasteiger partial charge in [-0.05, 0) is 11.6 Å². The van der Waals surface area contributed by atoms with Crippen molar-refractivity contribution in [2.24, 2.45) is 7.05 Å². The van der Waals surface area contributed by atoms with E-state index in [4.69, 9.17) is 9.47 Å². The lowest BCUT2D eigenvalue weighted by Crippen LogP contribution is -2.47. The summed E-state index contributed by atoms with van der Waals surface area (Å²) in [5.74, 6) is -0.388. The number of likely N-dealkylation sites (tertiary alicyclic amines) is 1. The van der Waals surface area contributed by atoms with Crippen LogP contribution in [0.5, 0.6) is 0 Å². The number of nitrogens with zero attached hydrogens (tertiary/aromatic N) is 2. The molecule has 0 radical (unpaired) electrons. The summed E-state index contributed by atoms with van der Waals surface area (Å²) in [4.78, 5) is 15.6. The van der Waals surface area contributed by atoms with Gasteiger partial charge in [-0.2, -0.15) is 0 Å². The number of carbonyl (C=O) groups is 1. The molecule has 3 heterocycles. The Morgan fingerprint density at radius 3 is 2.29 bits per heavy atom. The third kappa shape index (κ3) is 2.74. The van der Waals surface area contributed by atoms with Crippen molar-refractivity contribution in [1.29, 1.82) is 0 Å². The predicted octanol–water partition coefficient (Wildman–Crippen LogP) is 3.82. The highest BCUT2D eigenvalue weighted by Gasteiger charge is 2.41. The molecule has 2 aliphatic rings. The normalized spacial score (nSPS) is 18.8. The molecule has 0 unspecified atom stereocenters. The fourth-order valence-corrected chi connectivity index (χ4v) is 4.54. The summed E-state index contributed by atoms with van der Waals surface area (Å²) >= 11 is 0. The molecule has 0 N–H and O–H groups in total. The van der Waals surface area contributed by atoms with Crippen molar-refractivity contribution in [1.82, 2.24) is 9.47 Å². The lowest BCUT2D eigenvalue weighted by atomic mass is 10.00. The number of ether oxygens (including phenoxy) is 2. The summed E-state index contributed by atoms with van der Waals surface area (Å²) in [7, 11) is 2.03. The number of benzene rings is 2. The maximum Gasteiger partial charge on any atom is 0.256 e. The Morgan fingerprint density at radius 2 is 1.57 bits per heavy atom. The molecule has 2 saturated heterocycles. The van der Waals surface area contributed by atoms with E-state index in [2.05, 4.69) is 22.8 Å². The second-order valence-electron chi connectivity index (χ2n) is 7.57. The number of rotatable bonds is 2. The van der Waals surface area contributed by atoms with Gasteiger partial charge in [0.1, 0.15) is 0 Å². The lowest BCUT2D eigenvalue weighted by molar-refractivity contribution is -0.181. The van der Waals surface area contributed by atoms with Gasteiger partial charge in [-0.3, -0.25) is 4.79 Å². The molecule has 1 amide bonds. The molecule has 1 aromatic heterocycles. The molecule has 5 nitrogen and oxygen atoms in total. The average Bonchev–Trinajstić information content (AvgIpc) is 3.31. The second kappa shape index (κ2) is 6.76. The number of aryl methyl sites for hydroxylation is 1. The molecular formula is C23H24N2O3. The Kier molecular flexibility index (Phi) is 4.22. The smallest absolute Gasteiger partial charge is 0.256 e. The fraction of sp³-hybridized carbons (Fsp3) is 0.348. The van der Waals surface area contributed by atoms with Crippen LogP contribution in [0.25, 0.3) is 22.2 Å². The van der Waals surface area contributed by atoms with E-state index in [0.29, 0.717) is 26.3 Å². The van der Waals surface area contributed by atoms with Gasteiger partial charge in [-0.25, -0.2) is 0 Å². The zero-order chi connectivity index (χ0) is 19.1. The predicted molar refractivity (Wildman–Crippen MR) is 108 cm³/mol. The summed E-state index contributed by atoms with van der Waals surface area (Å²) in [6, 6.07) is 18.3. The highest BCUT2D eigenvalue weighted by atomic mass is 16.7. The summed E-state index contributed by atoms with van der Waals surface area (Å²) in [6.45, 7) is 2.59. The van der Waals surface area contributed by atoms with E-state index < -0.39 is 5.79 Å². The summed E-state index contributed by atoms with van der Waals surface area (Å²) in [6.07, 6.45) is 1.45. The van der Waals surface area contributed by atoms with Crippen molar-refractivity contribution in [2.75, 3.05) is 26.3 Å². The molecular weight excluding hydrogens is 352 g/mol. The Morgan fingerprint density at radius 1 is 0.929 bits per heavy atom. The Bertz CT molecular complexity index is 1010. The molecule has 5 heteroatoms. The van der Waals surface area contributed by atoms with Crippen molar-refractivity contribution >= 4 is 16.8 Å². The molecule has 144 valence electrons. The average molecular weight is 376 g/mol. The van der Waals surface area contributed by atoms with E-state index in [0.717, 1.165) is 40.6 Å². The van der Waals surface area contributed by atoms with Crippen LogP contribution in [-0.2, 0) is 16.5 Å². The zero-order valence-corrected chi connectivity index (χ0v) is 16.1. The molecule has 0 aliphatic carbocycles. The largest absolute Gasteiger partial charge is 0.347 e. The van der Waals surface area contributed by atoms with Gasteiger partial charge in [0.2, 0.25) is 0 Å². The molecule has 28 heavy (non-hydrogen) atoms. The Labute approximate surface area is 164 Å².